The first-order valence-electron chi connectivity index (χ1n) is 8.47. The summed E-state index contributed by atoms with van der Waals surface area (Å²) in [6, 6.07) is 12.5. The number of amides is 1. The number of benzene rings is 1. The van der Waals surface area contributed by atoms with Crippen molar-refractivity contribution in [1.29, 1.82) is 0 Å². The SMILES string of the molecule is Cc1occc1C(=O)NC1CCN(CCSc2ccccc2)CC1. The molecule has 2 heterocycles. The Morgan fingerprint density at radius 2 is 2.00 bits per heavy atom. The number of thioether (sulfide) groups is 1. The van der Waals surface area contributed by atoms with Gasteiger partial charge in [0.25, 0.3) is 5.91 Å². The molecule has 24 heavy (non-hydrogen) atoms. The third-order valence-electron chi connectivity index (χ3n) is 4.45. The fourth-order valence-corrected chi connectivity index (χ4v) is 3.93. The lowest BCUT2D eigenvalue weighted by atomic mass is 10.0. The van der Waals surface area contributed by atoms with Crippen LogP contribution in [0.25, 0.3) is 0 Å². The first-order valence-corrected chi connectivity index (χ1v) is 9.46. The Morgan fingerprint density at radius 1 is 1.25 bits per heavy atom. The third kappa shape index (κ3) is 4.65. The normalized spacial score (nSPS) is 16.2. The van der Waals surface area contributed by atoms with E-state index in [-0.39, 0.29) is 11.9 Å². The molecular formula is C19H24N2O2S. The maximum absolute atomic E-state index is 12.2. The van der Waals surface area contributed by atoms with Crippen molar-refractivity contribution in [1.82, 2.24) is 10.2 Å². The van der Waals surface area contributed by atoms with Crippen molar-refractivity contribution in [2.24, 2.45) is 0 Å². The van der Waals surface area contributed by atoms with E-state index in [9.17, 15) is 4.79 Å². The largest absolute Gasteiger partial charge is 0.469 e. The molecule has 1 aromatic carbocycles. The summed E-state index contributed by atoms with van der Waals surface area (Å²) >= 11 is 1.90. The number of nitrogens with one attached hydrogen (secondary N) is 1. The number of aryl methyl sites for hydroxylation is 1. The average Bonchev–Trinajstić information content (AvgIpc) is 3.04. The Bertz CT molecular complexity index is 648. The molecule has 1 fully saturated rings. The second-order valence-electron chi connectivity index (χ2n) is 6.14. The van der Waals surface area contributed by atoms with Crippen molar-refractivity contribution in [3.8, 4) is 0 Å². The highest BCUT2D eigenvalue weighted by Gasteiger charge is 2.22. The first-order chi connectivity index (χ1) is 11.7. The third-order valence-corrected chi connectivity index (χ3v) is 5.44. The highest BCUT2D eigenvalue weighted by Crippen LogP contribution is 2.18. The highest BCUT2D eigenvalue weighted by atomic mass is 32.2. The van der Waals surface area contributed by atoms with Crippen molar-refractivity contribution < 1.29 is 9.21 Å². The van der Waals surface area contributed by atoms with E-state index in [4.69, 9.17) is 4.42 Å². The number of piperidine rings is 1. The van der Waals surface area contributed by atoms with Gasteiger partial charge in [-0.3, -0.25) is 4.79 Å². The van der Waals surface area contributed by atoms with Crippen molar-refractivity contribution >= 4 is 17.7 Å². The van der Waals surface area contributed by atoms with Gasteiger partial charge in [0, 0.05) is 36.3 Å². The van der Waals surface area contributed by atoms with E-state index in [2.05, 4.69) is 34.5 Å². The predicted octanol–water partition coefficient (Wildman–Crippen LogP) is 3.57. The number of hydrogen-bond donors (Lipinski definition) is 1. The van der Waals surface area contributed by atoms with E-state index in [1.165, 1.54) is 4.90 Å². The minimum atomic E-state index is -0.0145. The molecule has 4 nitrogen and oxygen atoms in total. The summed E-state index contributed by atoms with van der Waals surface area (Å²) in [4.78, 5) is 16.0. The van der Waals surface area contributed by atoms with Crippen molar-refractivity contribution in [3.05, 3.63) is 54.0 Å². The average molecular weight is 344 g/mol. The van der Waals surface area contributed by atoms with Crippen LogP contribution in [0.2, 0.25) is 0 Å². The molecule has 0 atom stereocenters. The van der Waals surface area contributed by atoms with Crippen molar-refractivity contribution in [3.63, 3.8) is 0 Å². The molecule has 0 radical (unpaired) electrons. The standard InChI is InChI=1S/C19H24N2O2S/c1-15-18(9-13-23-15)19(22)20-16-7-10-21(11-8-16)12-14-24-17-5-3-2-4-6-17/h2-6,9,13,16H,7-8,10-12,14H2,1H3,(H,20,22). The van der Waals surface area contributed by atoms with Gasteiger partial charge in [-0.2, -0.15) is 0 Å². The van der Waals surface area contributed by atoms with E-state index < -0.39 is 0 Å². The molecule has 3 rings (SSSR count). The summed E-state index contributed by atoms with van der Waals surface area (Å²) in [5.74, 6) is 1.78. The topological polar surface area (TPSA) is 45.5 Å². The molecule has 2 aromatic rings. The van der Waals surface area contributed by atoms with Crippen LogP contribution >= 0.6 is 11.8 Å². The van der Waals surface area contributed by atoms with Gasteiger partial charge in [-0.25, -0.2) is 0 Å². The van der Waals surface area contributed by atoms with Crippen LogP contribution in [0.15, 0.2) is 52.0 Å². The van der Waals surface area contributed by atoms with Gasteiger partial charge < -0.3 is 14.6 Å². The van der Waals surface area contributed by atoms with Crippen LogP contribution in [0.3, 0.4) is 0 Å². The molecule has 0 saturated carbocycles. The molecule has 0 bridgehead atoms. The van der Waals surface area contributed by atoms with Crippen molar-refractivity contribution in [2.45, 2.75) is 30.7 Å². The van der Waals surface area contributed by atoms with Crippen LogP contribution in [-0.2, 0) is 0 Å². The van der Waals surface area contributed by atoms with Crippen LogP contribution in [0.5, 0.6) is 0 Å². The maximum Gasteiger partial charge on any atom is 0.255 e. The smallest absolute Gasteiger partial charge is 0.255 e. The molecule has 1 amide bonds. The molecule has 1 aromatic heterocycles. The lowest BCUT2D eigenvalue weighted by molar-refractivity contribution is 0.0911. The number of likely N-dealkylation sites (tertiary alicyclic amines) is 1. The minimum Gasteiger partial charge on any atom is -0.469 e. The molecular weight excluding hydrogens is 320 g/mol. The second-order valence-corrected chi connectivity index (χ2v) is 7.31. The van der Waals surface area contributed by atoms with E-state index >= 15 is 0 Å². The Kier molecular flexibility index (Phi) is 5.99. The maximum atomic E-state index is 12.2. The van der Waals surface area contributed by atoms with E-state index in [0.29, 0.717) is 11.3 Å². The van der Waals surface area contributed by atoms with Crippen LogP contribution in [0, 0.1) is 6.92 Å². The van der Waals surface area contributed by atoms with E-state index in [1.807, 2.05) is 24.8 Å². The van der Waals surface area contributed by atoms with Crippen molar-refractivity contribution in [2.75, 3.05) is 25.4 Å². The van der Waals surface area contributed by atoms with Crippen LogP contribution in [0.1, 0.15) is 29.0 Å². The molecule has 1 saturated heterocycles. The molecule has 128 valence electrons. The van der Waals surface area contributed by atoms with Gasteiger partial charge in [-0.1, -0.05) is 18.2 Å². The summed E-state index contributed by atoms with van der Waals surface area (Å²) < 4.78 is 5.20. The summed E-state index contributed by atoms with van der Waals surface area (Å²) in [6.07, 6.45) is 3.59. The number of rotatable bonds is 6. The number of carbonyl (C=O) groups excluding carboxylic acids is 1. The zero-order valence-electron chi connectivity index (χ0n) is 14.0. The monoisotopic (exact) mass is 344 g/mol. The van der Waals surface area contributed by atoms with Gasteiger partial charge in [0.05, 0.1) is 11.8 Å². The summed E-state index contributed by atoms with van der Waals surface area (Å²) in [5, 5.41) is 3.13. The fourth-order valence-electron chi connectivity index (χ4n) is 2.99. The highest BCUT2D eigenvalue weighted by molar-refractivity contribution is 7.99. The number of carbonyl (C=O) groups is 1. The fraction of sp³-hybridized carbons (Fsp3) is 0.421. The van der Waals surface area contributed by atoms with Crippen LogP contribution in [0.4, 0.5) is 0 Å². The number of nitrogens with zero attached hydrogens (tertiary/aromatic N) is 1. The van der Waals surface area contributed by atoms with Gasteiger partial charge in [0.15, 0.2) is 0 Å². The summed E-state index contributed by atoms with van der Waals surface area (Å²) in [6.45, 7) is 5.01. The van der Waals surface area contributed by atoms with Crippen LogP contribution < -0.4 is 5.32 Å². The first kappa shape index (κ1) is 17.1. The second kappa shape index (κ2) is 8.40. The van der Waals surface area contributed by atoms with Gasteiger partial charge >= 0.3 is 0 Å². The van der Waals surface area contributed by atoms with E-state index in [0.717, 1.165) is 38.2 Å². The molecule has 0 unspecified atom stereocenters. The molecule has 0 spiro atoms. The number of furan rings is 1. The Morgan fingerprint density at radius 3 is 2.67 bits per heavy atom. The zero-order chi connectivity index (χ0) is 16.8. The molecule has 1 aliphatic rings. The minimum absolute atomic E-state index is 0.0145. The van der Waals surface area contributed by atoms with Gasteiger partial charge in [0.1, 0.15) is 5.76 Å². The van der Waals surface area contributed by atoms with Gasteiger partial charge in [-0.05, 0) is 38.0 Å². The molecule has 1 N–H and O–H groups in total. The van der Waals surface area contributed by atoms with E-state index in [1.54, 1.807) is 12.3 Å². The number of hydrogen-bond acceptors (Lipinski definition) is 4. The Labute approximate surface area is 147 Å². The van der Waals surface area contributed by atoms with Gasteiger partial charge in [-0.15, -0.1) is 11.8 Å². The summed E-state index contributed by atoms with van der Waals surface area (Å²) in [7, 11) is 0. The lowest BCUT2D eigenvalue weighted by Gasteiger charge is -2.32. The quantitative estimate of drug-likeness (QED) is 0.814. The van der Waals surface area contributed by atoms with Crippen LogP contribution in [-0.4, -0.2) is 42.2 Å². The predicted molar refractivity (Wildman–Crippen MR) is 97.5 cm³/mol. The zero-order valence-corrected chi connectivity index (χ0v) is 14.8. The Balaban J connectivity index is 1.37. The molecule has 0 aliphatic carbocycles. The van der Waals surface area contributed by atoms with Gasteiger partial charge in [0.2, 0.25) is 0 Å². The lowest BCUT2D eigenvalue weighted by Crippen LogP contribution is -2.45. The Hall–Kier alpha value is -1.72. The molecule has 5 heteroatoms. The molecule has 1 aliphatic heterocycles. The summed E-state index contributed by atoms with van der Waals surface area (Å²) in [5.41, 5.74) is 0.650.